The normalized spacial score (nSPS) is 20.1. The van der Waals surface area contributed by atoms with Crippen LogP contribution in [0, 0.1) is 19.8 Å². The maximum atomic E-state index is 11.2. The number of rotatable bonds is 2. The van der Waals surface area contributed by atoms with Crippen LogP contribution in [0.15, 0.2) is 5.38 Å². The average molecular weight is 235 g/mol. The van der Waals surface area contributed by atoms with Gasteiger partial charge in [-0.2, -0.15) is 0 Å². The summed E-state index contributed by atoms with van der Waals surface area (Å²) < 4.78 is 0. The van der Waals surface area contributed by atoms with E-state index >= 15 is 0 Å². The van der Waals surface area contributed by atoms with Crippen molar-refractivity contribution < 1.29 is 4.79 Å². The maximum absolute atomic E-state index is 11.2. The molecule has 2 heteroatoms. The summed E-state index contributed by atoms with van der Waals surface area (Å²) in [6, 6.07) is 0. The van der Waals surface area contributed by atoms with Gasteiger partial charge in [-0.05, 0) is 55.0 Å². The van der Waals surface area contributed by atoms with Gasteiger partial charge in [0, 0.05) is 17.7 Å². The van der Waals surface area contributed by atoms with Crippen LogP contribution < -0.4 is 0 Å². The fourth-order valence-electron chi connectivity index (χ4n) is 2.59. The van der Waals surface area contributed by atoms with E-state index in [0.29, 0.717) is 17.6 Å². The third-order valence-corrected chi connectivity index (χ3v) is 5.22. The summed E-state index contributed by atoms with van der Waals surface area (Å²) in [5, 5.41) is 2.15. The minimum atomic E-state index is 0.448. The van der Waals surface area contributed by atoms with Crippen molar-refractivity contribution in [3.8, 4) is 0 Å². The van der Waals surface area contributed by atoms with E-state index in [0.717, 1.165) is 25.7 Å². The van der Waals surface area contributed by atoms with E-state index in [2.05, 4.69) is 26.2 Å². The first-order valence-electron chi connectivity index (χ1n) is 6.01. The van der Waals surface area contributed by atoms with E-state index in [9.17, 15) is 4.79 Å². The fourth-order valence-corrected chi connectivity index (χ4v) is 3.76. The number of carbonyl (C=O) groups excluding carboxylic acids is 1. The van der Waals surface area contributed by atoms with Crippen molar-refractivity contribution in [2.45, 2.75) is 45.4 Å². The van der Waals surface area contributed by atoms with Crippen molar-refractivity contribution in [2.24, 2.45) is 5.92 Å². The third kappa shape index (κ3) is 2.22. The van der Waals surface area contributed by atoms with Crippen LogP contribution in [0.25, 0.3) is 0 Å². The number of thiophene rings is 1. The zero-order chi connectivity index (χ0) is 11.7. The first kappa shape index (κ1) is 11.8. The predicted molar refractivity (Wildman–Crippen MR) is 68.9 cm³/mol. The lowest BCUT2D eigenvalue weighted by Gasteiger charge is -2.27. The van der Waals surface area contributed by atoms with E-state index in [1.807, 2.05) is 11.3 Å². The van der Waals surface area contributed by atoms with Gasteiger partial charge in [-0.1, -0.05) is 6.92 Å². The van der Waals surface area contributed by atoms with Gasteiger partial charge in [-0.15, -0.1) is 11.3 Å². The second-order valence-electron chi connectivity index (χ2n) is 4.91. The molecular formula is C14H19OS. The molecule has 1 aromatic heterocycles. The maximum Gasteiger partial charge on any atom is 0.132 e. The van der Waals surface area contributed by atoms with Gasteiger partial charge in [0.25, 0.3) is 0 Å². The molecule has 0 aliphatic heterocycles. The Morgan fingerprint density at radius 2 is 2.06 bits per heavy atom. The van der Waals surface area contributed by atoms with Crippen molar-refractivity contribution in [2.75, 3.05) is 0 Å². The number of carbonyl (C=O) groups is 1. The Morgan fingerprint density at radius 1 is 1.44 bits per heavy atom. The molecule has 2 rings (SSSR count). The fraction of sp³-hybridized carbons (Fsp3) is 0.571. The van der Waals surface area contributed by atoms with Gasteiger partial charge < -0.3 is 0 Å². The molecule has 0 aromatic carbocycles. The smallest absolute Gasteiger partial charge is 0.132 e. The molecule has 0 unspecified atom stereocenters. The van der Waals surface area contributed by atoms with Crippen molar-refractivity contribution in [1.82, 2.24) is 0 Å². The van der Waals surface area contributed by atoms with Crippen molar-refractivity contribution in [3.05, 3.63) is 28.3 Å². The zero-order valence-electron chi connectivity index (χ0n) is 10.1. The monoisotopic (exact) mass is 235 g/mol. The van der Waals surface area contributed by atoms with Crippen LogP contribution >= 0.6 is 11.3 Å². The predicted octanol–water partition coefficient (Wildman–Crippen LogP) is 4.10. The van der Waals surface area contributed by atoms with Gasteiger partial charge in [0.05, 0.1) is 0 Å². The molecule has 1 nitrogen and oxygen atoms in total. The Bertz CT molecular complexity index is 381. The Labute approximate surface area is 102 Å². The van der Waals surface area contributed by atoms with Gasteiger partial charge in [-0.25, -0.2) is 0 Å². The molecule has 1 radical (unpaired) electrons. The lowest BCUT2D eigenvalue weighted by Crippen LogP contribution is -2.18. The van der Waals surface area contributed by atoms with Crippen LogP contribution in [-0.2, 0) is 4.79 Å². The summed E-state index contributed by atoms with van der Waals surface area (Å²) in [5.74, 6) is 1.73. The minimum absolute atomic E-state index is 0.448. The number of ketones is 1. The van der Waals surface area contributed by atoms with Crippen LogP contribution in [0.2, 0.25) is 0 Å². The number of hydrogen-bond acceptors (Lipinski definition) is 2. The standard InChI is InChI=1S/C14H19OS/c1-9-8-16-14(10(9)2)11(3)12-4-6-13(15)7-5-12/h8,11-12H,1,4-7H2,2-3H3/t11-/m1/s1. The molecule has 1 fully saturated rings. The molecule has 1 aliphatic carbocycles. The third-order valence-electron chi connectivity index (χ3n) is 3.89. The van der Waals surface area contributed by atoms with Crippen LogP contribution in [-0.4, -0.2) is 5.78 Å². The highest BCUT2D eigenvalue weighted by molar-refractivity contribution is 7.10. The van der Waals surface area contributed by atoms with E-state index in [1.165, 1.54) is 16.0 Å². The lowest BCUT2D eigenvalue weighted by molar-refractivity contribution is -0.121. The minimum Gasteiger partial charge on any atom is -0.300 e. The van der Waals surface area contributed by atoms with E-state index in [4.69, 9.17) is 0 Å². The molecule has 1 aliphatic rings. The highest BCUT2D eigenvalue weighted by atomic mass is 32.1. The van der Waals surface area contributed by atoms with Crippen molar-refractivity contribution >= 4 is 17.1 Å². The molecule has 0 saturated heterocycles. The van der Waals surface area contributed by atoms with Crippen molar-refractivity contribution in [3.63, 3.8) is 0 Å². The highest BCUT2D eigenvalue weighted by Gasteiger charge is 2.26. The largest absolute Gasteiger partial charge is 0.300 e. The zero-order valence-corrected chi connectivity index (χ0v) is 10.9. The molecule has 1 saturated carbocycles. The van der Waals surface area contributed by atoms with E-state index in [-0.39, 0.29) is 0 Å². The molecule has 1 aromatic rings. The summed E-state index contributed by atoms with van der Waals surface area (Å²) in [7, 11) is 0. The summed E-state index contributed by atoms with van der Waals surface area (Å²) in [5.41, 5.74) is 2.52. The molecule has 1 heterocycles. The molecule has 0 N–H and O–H groups in total. The molecule has 16 heavy (non-hydrogen) atoms. The lowest BCUT2D eigenvalue weighted by atomic mass is 9.79. The van der Waals surface area contributed by atoms with Gasteiger partial charge in [0.2, 0.25) is 0 Å². The number of Topliss-reactive ketones (excluding diaryl/α,β-unsaturated/α-hetero) is 1. The second kappa shape index (κ2) is 4.70. The summed E-state index contributed by atoms with van der Waals surface area (Å²) in [6.07, 6.45) is 3.72. The molecule has 0 bridgehead atoms. The van der Waals surface area contributed by atoms with Crippen molar-refractivity contribution in [1.29, 1.82) is 0 Å². The Balaban J connectivity index is 2.10. The molecule has 0 spiro atoms. The summed E-state index contributed by atoms with van der Waals surface area (Å²) >= 11 is 1.83. The van der Waals surface area contributed by atoms with Gasteiger partial charge in [0.15, 0.2) is 0 Å². The number of hydrogen-bond donors (Lipinski definition) is 0. The van der Waals surface area contributed by atoms with E-state index < -0.39 is 0 Å². The summed E-state index contributed by atoms with van der Waals surface area (Å²) in [4.78, 5) is 12.7. The SMILES string of the molecule is [CH2]c1csc([C@H](C)C2CCC(=O)CC2)c1C. The quantitative estimate of drug-likeness (QED) is 0.754. The van der Waals surface area contributed by atoms with Crippen LogP contribution in [0.3, 0.4) is 0 Å². The second-order valence-corrected chi connectivity index (χ2v) is 5.83. The first-order valence-corrected chi connectivity index (χ1v) is 6.89. The van der Waals surface area contributed by atoms with Gasteiger partial charge in [0.1, 0.15) is 5.78 Å². The Morgan fingerprint density at radius 3 is 2.56 bits per heavy atom. The Hall–Kier alpha value is -0.630. The summed E-state index contributed by atoms with van der Waals surface area (Å²) in [6.45, 7) is 8.51. The highest BCUT2D eigenvalue weighted by Crippen LogP contribution is 2.39. The average Bonchev–Trinajstić information content (AvgIpc) is 2.60. The molecule has 0 amide bonds. The molecular weight excluding hydrogens is 216 g/mol. The van der Waals surface area contributed by atoms with Crippen LogP contribution in [0.4, 0.5) is 0 Å². The van der Waals surface area contributed by atoms with Gasteiger partial charge in [-0.3, -0.25) is 4.79 Å². The molecule has 87 valence electrons. The topological polar surface area (TPSA) is 17.1 Å². The van der Waals surface area contributed by atoms with Crippen LogP contribution in [0.1, 0.15) is 54.5 Å². The van der Waals surface area contributed by atoms with Gasteiger partial charge >= 0.3 is 0 Å². The first-order chi connectivity index (χ1) is 7.59. The van der Waals surface area contributed by atoms with Crippen LogP contribution in [0.5, 0.6) is 0 Å². The van der Waals surface area contributed by atoms with E-state index in [1.54, 1.807) is 0 Å². The Kier molecular flexibility index (Phi) is 3.48. The molecule has 1 atom stereocenters.